The number of benzene rings is 1. The molecule has 66 valence electrons. The molecule has 0 aliphatic heterocycles. The summed E-state index contributed by atoms with van der Waals surface area (Å²) in [6, 6.07) is 10.3. The summed E-state index contributed by atoms with van der Waals surface area (Å²) >= 11 is 0. The Hall–Kier alpha value is -0.820. The van der Waals surface area contributed by atoms with E-state index in [1.54, 1.807) is 0 Å². The second kappa shape index (κ2) is 4.27. The molecular formula is C11H16O. The summed E-state index contributed by atoms with van der Waals surface area (Å²) in [6.07, 6.45) is 0.492. The Morgan fingerprint density at radius 1 is 1.00 bits per heavy atom. The third kappa shape index (κ3) is 2.67. The summed E-state index contributed by atoms with van der Waals surface area (Å²) in [5, 5.41) is 0. The lowest BCUT2D eigenvalue weighted by Crippen LogP contribution is -2.06. The summed E-state index contributed by atoms with van der Waals surface area (Å²) in [5.41, 5.74) is 1.24. The largest absolute Gasteiger partial charge is 0.371 e. The molecule has 1 heteroatoms. The summed E-state index contributed by atoms with van der Waals surface area (Å²) in [5.74, 6) is 0. The molecule has 0 aromatic heterocycles. The van der Waals surface area contributed by atoms with Crippen LogP contribution in [-0.4, -0.2) is 6.10 Å². The molecule has 0 bridgehead atoms. The van der Waals surface area contributed by atoms with Crippen molar-refractivity contribution >= 4 is 0 Å². The van der Waals surface area contributed by atoms with E-state index < -0.39 is 0 Å². The minimum Gasteiger partial charge on any atom is -0.371 e. The van der Waals surface area contributed by atoms with E-state index in [-0.39, 0.29) is 6.10 Å². The van der Waals surface area contributed by atoms with E-state index in [1.165, 1.54) is 5.56 Å². The highest BCUT2D eigenvalue weighted by Gasteiger charge is 2.05. The maximum atomic E-state index is 5.64. The van der Waals surface area contributed by atoms with E-state index >= 15 is 0 Å². The molecule has 0 unspecified atom stereocenters. The van der Waals surface area contributed by atoms with Crippen LogP contribution in [0.3, 0.4) is 0 Å². The maximum Gasteiger partial charge on any atom is 0.0800 e. The monoisotopic (exact) mass is 164 g/mol. The molecule has 0 N–H and O–H groups in total. The zero-order valence-corrected chi connectivity index (χ0v) is 7.95. The molecule has 0 saturated carbocycles. The summed E-state index contributed by atoms with van der Waals surface area (Å²) < 4.78 is 5.64. The van der Waals surface area contributed by atoms with Gasteiger partial charge in [0.2, 0.25) is 0 Å². The minimum atomic E-state index is 0.200. The highest BCUT2D eigenvalue weighted by atomic mass is 16.5. The third-order valence-electron chi connectivity index (χ3n) is 1.75. The van der Waals surface area contributed by atoms with Gasteiger partial charge in [0, 0.05) is 0 Å². The van der Waals surface area contributed by atoms with Gasteiger partial charge in [0.1, 0.15) is 0 Å². The molecule has 1 aromatic rings. The van der Waals surface area contributed by atoms with Crippen LogP contribution in [0.4, 0.5) is 0 Å². The lowest BCUT2D eigenvalue weighted by Gasteiger charge is -2.15. The van der Waals surface area contributed by atoms with Crippen LogP contribution in [0.15, 0.2) is 30.3 Å². The number of hydrogen-bond donors (Lipinski definition) is 0. The fraction of sp³-hybridized carbons (Fsp3) is 0.455. The first kappa shape index (κ1) is 9.27. The Kier molecular flexibility index (Phi) is 3.30. The number of rotatable bonds is 3. The van der Waals surface area contributed by atoms with Crippen LogP contribution in [0.1, 0.15) is 32.4 Å². The Labute approximate surface area is 74.4 Å². The van der Waals surface area contributed by atoms with Gasteiger partial charge in [-0.3, -0.25) is 0 Å². The number of ether oxygens (including phenoxy) is 1. The van der Waals surface area contributed by atoms with Crippen molar-refractivity contribution in [2.45, 2.75) is 33.0 Å². The summed E-state index contributed by atoms with van der Waals surface area (Å²) in [7, 11) is 0. The van der Waals surface area contributed by atoms with Gasteiger partial charge in [0.05, 0.1) is 12.2 Å². The van der Waals surface area contributed by atoms with Crippen LogP contribution in [-0.2, 0) is 4.74 Å². The maximum absolute atomic E-state index is 5.64. The van der Waals surface area contributed by atoms with E-state index in [1.807, 2.05) is 18.2 Å². The molecular weight excluding hydrogens is 148 g/mol. The zero-order chi connectivity index (χ0) is 8.97. The first-order valence-electron chi connectivity index (χ1n) is 4.40. The molecule has 1 atom stereocenters. The molecule has 0 saturated heterocycles. The van der Waals surface area contributed by atoms with E-state index in [0.29, 0.717) is 6.10 Å². The third-order valence-corrected chi connectivity index (χ3v) is 1.75. The van der Waals surface area contributed by atoms with Gasteiger partial charge in [0.15, 0.2) is 0 Å². The quantitative estimate of drug-likeness (QED) is 0.666. The average Bonchev–Trinajstić information content (AvgIpc) is 2.05. The van der Waals surface area contributed by atoms with E-state index in [4.69, 9.17) is 4.74 Å². The lowest BCUT2D eigenvalue weighted by atomic mass is 10.1. The number of hydrogen-bond acceptors (Lipinski definition) is 1. The minimum absolute atomic E-state index is 0.200. The molecule has 0 aliphatic rings. The standard InChI is InChI=1S/C11H16O/c1-9(2)12-10(3)11-7-5-4-6-8-11/h4-10H,1-3H3/t10-/m1/s1. The van der Waals surface area contributed by atoms with Crippen LogP contribution < -0.4 is 0 Å². The predicted molar refractivity (Wildman–Crippen MR) is 51.1 cm³/mol. The highest BCUT2D eigenvalue weighted by Crippen LogP contribution is 2.17. The van der Waals surface area contributed by atoms with Gasteiger partial charge in [-0.25, -0.2) is 0 Å². The van der Waals surface area contributed by atoms with Crippen LogP contribution in [0.5, 0.6) is 0 Å². The van der Waals surface area contributed by atoms with Crippen molar-refractivity contribution in [2.24, 2.45) is 0 Å². The molecule has 1 aromatic carbocycles. The summed E-state index contributed by atoms with van der Waals surface area (Å²) in [6.45, 7) is 6.19. The van der Waals surface area contributed by atoms with Gasteiger partial charge in [-0.2, -0.15) is 0 Å². The van der Waals surface area contributed by atoms with Crippen molar-refractivity contribution in [3.63, 3.8) is 0 Å². The average molecular weight is 164 g/mol. The molecule has 1 rings (SSSR count). The predicted octanol–water partition coefficient (Wildman–Crippen LogP) is 3.17. The Morgan fingerprint density at radius 2 is 1.58 bits per heavy atom. The normalized spacial score (nSPS) is 13.3. The van der Waals surface area contributed by atoms with Crippen molar-refractivity contribution in [3.8, 4) is 0 Å². The molecule has 1 nitrogen and oxygen atoms in total. The highest BCUT2D eigenvalue weighted by molar-refractivity contribution is 5.16. The first-order valence-corrected chi connectivity index (χ1v) is 4.40. The van der Waals surface area contributed by atoms with Gasteiger partial charge in [0.25, 0.3) is 0 Å². The van der Waals surface area contributed by atoms with Crippen LogP contribution in [0.2, 0.25) is 0 Å². The Balaban J connectivity index is 2.59. The van der Waals surface area contributed by atoms with Gasteiger partial charge in [-0.15, -0.1) is 0 Å². The Morgan fingerprint density at radius 3 is 2.08 bits per heavy atom. The van der Waals surface area contributed by atoms with Crippen LogP contribution in [0.25, 0.3) is 0 Å². The van der Waals surface area contributed by atoms with Crippen molar-refractivity contribution in [3.05, 3.63) is 35.9 Å². The smallest absolute Gasteiger partial charge is 0.0800 e. The van der Waals surface area contributed by atoms with Gasteiger partial charge in [-0.1, -0.05) is 30.3 Å². The van der Waals surface area contributed by atoms with Crippen molar-refractivity contribution < 1.29 is 4.74 Å². The van der Waals surface area contributed by atoms with Gasteiger partial charge in [-0.05, 0) is 26.3 Å². The fourth-order valence-electron chi connectivity index (χ4n) is 1.21. The second-order valence-electron chi connectivity index (χ2n) is 3.24. The fourth-order valence-corrected chi connectivity index (χ4v) is 1.21. The molecule has 0 aliphatic carbocycles. The second-order valence-corrected chi connectivity index (χ2v) is 3.24. The van der Waals surface area contributed by atoms with E-state index in [2.05, 4.69) is 32.9 Å². The Bertz CT molecular complexity index is 216. The van der Waals surface area contributed by atoms with Crippen LogP contribution >= 0.6 is 0 Å². The van der Waals surface area contributed by atoms with Gasteiger partial charge >= 0.3 is 0 Å². The van der Waals surface area contributed by atoms with Crippen molar-refractivity contribution in [1.29, 1.82) is 0 Å². The first-order chi connectivity index (χ1) is 5.70. The van der Waals surface area contributed by atoms with Gasteiger partial charge < -0.3 is 4.74 Å². The molecule has 0 fully saturated rings. The molecule has 0 radical (unpaired) electrons. The molecule has 0 spiro atoms. The lowest BCUT2D eigenvalue weighted by molar-refractivity contribution is 0.0178. The SMILES string of the molecule is CC(C)O[C@H](C)c1ccccc1. The van der Waals surface area contributed by atoms with E-state index in [0.717, 1.165) is 0 Å². The zero-order valence-electron chi connectivity index (χ0n) is 7.95. The van der Waals surface area contributed by atoms with Crippen molar-refractivity contribution in [1.82, 2.24) is 0 Å². The molecule has 12 heavy (non-hydrogen) atoms. The van der Waals surface area contributed by atoms with E-state index in [9.17, 15) is 0 Å². The molecule has 0 amide bonds. The topological polar surface area (TPSA) is 9.23 Å². The van der Waals surface area contributed by atoms with Crippen LogP contribution in [0, 0.1) is 0 Å². The van der Waals surface area contributed by atoms with Crippen molar-refractivity contribution in [2.75, 3.05) is 0 Å². The summed E-state index contributed by atoms with van der Waals surface area (Å²) in [4.78, 5) is 0. The molecule has 0 heterocycles.